The number of carbonyl (C=O) groups is 1. The van der Waals surface area contributed by atoms with Crippen LogP contribution < -0.4 is 4.74 Å². The molecule has 1 aromatic heterocycles. The smallest absolute Gasteiger partial charge is 0.348 e. The number of benzene rings is 1. The molecule has 5 heteroatoms. The van der Waals surface area contributed by atoms with Crippen LogP contribution in [-0.4, -0.2) is 32.9 Å². The molecule has 172 valence electrons. The van der Waals surface area contributed by atoms with Crippen molar-refractivity contribution in [3.63, 3.8) is 0 Å². The summed E-state index contributed by atoms with van der Waals surface area (Å²) in [5.74, 6) is 0.620. The zero-order chi connectivity index (χ0) is 23.4. The number of hydrogen-bond donors (Lipinski definition) is 0. The lowest BCUT2D eigenvalue weighted by atomic mass is 9.74. The second-order valence-electron chi connectivity index (χ2n) is 9.29. The molecule has 0 aliphatic rings. The van der Waals surface area contributed by atoms with Gasteiger partial charge in [0.2, 0.25) is 0 Å². The molecule has 4 nitrogen and oxygen atoms in total. The number of aryl methyl sites for hydroxylation is 2. The third kappa shape index (κ3) is 5.32. The minimum Gasteiger partial charge on any atom is -0.491 e. The number of ether oxygens (including phenoxy) is 3. The van der Waals surface area contributed by atoms with E-state index in [2.05, 4.69) is 65.8 Å². The number of carbonyl (C=O) groups excluding carboxylic acids is 1. The summed E-state index contributed by atoms with van der Waals surface area (Å²) in [5, 5.41) is 0. The molecule has 0 saturated carbocycles. The van der Waals surface area contributed by atoms with Crippen LogP contribution >= 0.6 is 11.3 Å². The Morgan fingerprint density at radius 2 is 1.68 bits per heavy atom. The highest BCUT2D eigenvalue weighted by atomic mass is 32.1. The van der Waals surface area contributed by atoms with Gasteiger partial charge in [-0.3, -0.25) is 0 Å². The summed E-state index contributed by atoms with van der Waals surface area (Å²) in [4.78, 5) is 14.1. The molecule has 0 spiro atoms. The Hall–Kier alpha value is -1.85. The van der Waals surface area contributed by atoms with Gasteiger partial charge >= 0.3 is 5.97 Å². The van der Waals surface area contributed by atoms with E-state index in [1.165, 1.54) is 17.6 Å². The largest absolute Gasteiger partial charge is 0.491 e. The van der Waals surface area contributed by atoms with E-state index < -0.39 is 0 Å². The van der Waals surface area contributed by atoms with E-state index in [9.17, 15) is 4.79 Å². The Bertz CT molecular complexity index is 887. The zero-order valence-electron chi connectivity index (χ0n) is 20.5. The lowest BCUT2D eigenvalue weighted by molar-refractivity contribution is -0.0150. The van der Waals surface area contributed by atoms with Crippen molar-refractivity contribution >= 4 is 17.3 Å². The van der Waals surface area contributed by atoms with Crippen molar-refractivity contribution in [3.8, 4) is 5.75 Å². The van der Waals surface area contributed by atoms with E-state index in [4.69, 9.17) is 14.2 Å². The van der Waals surface area contributed by atoms with E-state index >= 15 is 0 Å². The first-order valence-corrected chi connectivity index (χ1v) is 11.8. The predicted molar refractivity (Wildman–Crippen MR) is 129 cm³/mol. The Morgan fingerprint density at radius 1 is 1.03 bits per heavy atom. The van der Waals surface area contributed by atoms with Gasteiger partial charge in [-0.05, 0) is 60.9 Å². The standard InChI is InChI=1S/C26H38O4S/c1-10-26(11-2,22-15-18(4)23(31-22)24(27)29-9)19-12-13-20(17(3)14-19)30-16-21(28-8)25(5,6)7/h12-15,21H,10-11,16H2,1-9H3. The first-order chi connectivity index (χ1) is 14.5. The Labute approximate surface area is 191 Å². The fourth-order valence-electron chi connectivity index (χ4n) is 4.11. The average molecular weight is 447 g/mol. The van der Waals surface area contributed by atoms with Crippen molar-refractivity contribution in [1.29, 1.82) is 0 Å². The molecule has 1 atom stereocenters. The molecule has 0 bridgehead atoms. The van der Waals surface area contributed by atoms with Gasteiger partial charge in [0.15, 0.2) is 0 Å². The summed E-state index contributed by atoms with van der Waals surface area (Å²) in [6.45, 7) is 15.5. The van der Waals surface area contributed by atoms with Gasteiger partial charge in [-0.25, -0.2) is 4.79 Å². The van der Waals surface area contributed by atoms with Gasteiger partial charge in [-0.15, -0.1) is 11.3 Å². The quantitative estimate of drug-likeness (QED) is 0.402. The second-order valence-corrected chi connectivity index (χ2v) is 10.3. The molecule has 0 radical (unpaired) electrons. The molecule has 0 amide bonds. The van der Waals surface area contributed by atoms with E-state index in [-0.39, 0.29) is 22.9 Å². The third-order valence-corrected chi connectivity index (χ3v) is 7.76. The summed E-state index contributed by atoms with van der Waals surface area (Å²) in [6, 6.07) is 8.62. The second kappa shape index (κ2) is 10.2. The minimum absolute atomic E-state index is 0.0105. The molecule has 0 aliphatic heterocycles. The van der Waals surface area contributed by atoms with Crippen molar-refractivity contribution in [3.05, 3.63) is 50.7 Å². The van der Waals surface area contributed by atoms with E-state index in [1.807, 2.05) is 6.92 Å². The van der Waals surface area contributed by atoms with E-state index in [0.717, 1.165) is 29.7 Å². The van der Waals surface area contributed by atoms with Crippen LogP contribution in [0.4, 0.5) is 0 Å². The van der Waals surface area contributed by atoms with Crippen molar-refractivity contribution in [2.24, 2.45) is 5.41 Å². The maximum absolute atomic E-state index is 12.2. The van der Waals surface area contributed by atoms with Gasteiger partial charge in [0.05, 0.1) is 13.2 Å². The number of esters is 1. The van der Waals surface area contributed by atoms with Crippen molar-refractivity contribution in [2.75, 3.05) is 20.8 Å². The van der Waals surface area contributed by atoms with Gasteiger partial charge in [0.1, 0.15) is 17.2 Å². The summed E-state index contributed by atoms with van der Waals surface area (Å²) in [5.41, 5.74) is 3.19. The van der Waals surface area contributed by atoms with Crippen LogP contribution in [-0.2, 0) is 14.9 Å². The molecule has 0 aliphatic carbocycles. The van der Waals surface area contributed by atoms with Crippen LogP contribution in [0, 0.1) is 19.3 Å². The molecule has 0 saturated heterocycles. The molecule has 1 unspecified atom stereocenters. The lowest BCUT2D eigenvalue weighted by Crippen LogP contribution is -2.34. The third-order valence-electron chi connectivity index (χ3n) is 6.34. The zero-order valence-corrected chi connectivity index (χ0v) is 21.4. The van der Waals surface area contributed by atoms with Crippen molar-refractivity contribution in [1.82, 2.24) is 0 Å². The first kappa shape index (κ1) is 25.4. The molecule has 2 aromatic rings. The molecule has 1 aromatic carbocycles. The summed E-state index contributed by atoms with van der Waals surface area (Å²) in [6.07, 6.45) is 1.90. The first-order valence-electron chi connectivity index (χ1n) is 11.0. The highest BCUT2D eigenvalue weighted by Gasteiger charge is 2.34. The van der Waals surface area contributed by atoms with Gasteiger partial charge in [-0.2, -0.15) is 0 Å². The fraction of sp³-hybridized carbons (Fsp3) is 0.577. The molecule has 1 heterocycles. The summed E-state index contributed by atoms with van der Waals surface area (Å²) >= 11 is 1.55. The maximum Gasteiger partial charge on any atom is 0.348 e. The van der Waals surface area contributed by atoms with E-state index in [0.29, 0.717) is 11.5 Å². The molecule has 31 heavy (non-hydrogen) atoms. The lowest BCUT2D eigenvalue weighted by Gasteiger charge is -2.32. The Balaban J connectivity index is 2.38. The Kier molecular flexibility index (Phi) is 8.34. The van der Waals surface area contributed by atoms with Crippen LogP contribution in [0.25, 0.3) is 0 Å². The normalized spacial score (nSPS) is 13.2. The van der Waals surface area contributed by atoms with Crippen LogP contribution in [0.1, 0.15) is 78.7 Å². The van der Waals surface area contributed by atoms with Gasteiger partial charge < -0.3 is 14.2 Å². The highest BCUT2D eigenvalue weighted by molar-refractivity contribution is 7.14. The number of methoxy groups -OCH3 is 2. The monoisotopic (exact) mass is 446 g/mol. The van der Waals surface area contributed by atoms with Crippen LogP contribution in [0.2, 0.25) is 0 Å². The molecular weight excluding hydrogens is 408 g/mol. The van der Waals surface area contributed by atoms with Crippen molar-refractivity contribution in [2.45, 2.75) is 72.8 Å². The van der Waals surface area contributed by atoms with Gasteiger partial charge in [0.25, 0.3) is 0 Å². The number of hydrogen-bond acceptors (Lipinski definition) is 5. The predicted octanol–water partition coefficient (Wildman–Crippen LogP) is 6.70. The highest BCUT2D eigenvalue weighted by Crippen LogP contribution is 2.44. The minimum atomic E-state index is -0.263. The average Bonchev–Trinajstić information content (AvgIpc) is 3.11. The maximum atomic E-state index is 12.2. The molecule has 0 fully saturated rings. The van der Waals surface area contributed by atoms with Crippen LogP contribution in [0.15, 0.2) is 24.3 Å². The molecule has 0 N–H and O–H groups in total. The van der Waals surface area contributed by atoms with Crippen LogP contribution in [0.5, 0.6) is 5.75 Å². The molecule has 2 rings (SSSR count). The van der Waals surface area contributed by atoms with Gasteiger partial charge in [-0.1, -0.05) is 46.8 Å². The number of rotatable bonds is 9. The summed E-state index contributed by atoms with van der Waals surface area (Å²) in [7, 11) is 3.17. The van der Waals surface area contributed by atoms with Gasteiger partial charge in [0, 0.05) is 17.4 Å². The Morgan fingerprint density at radius 3 is 2.16 bits per heavy atom. The summed E-state index contributed by atoms with van der Waals surface area (Å²) < 4.78 is 16.7. The van der Waals surface area contributed by atoms with Crippen LogP contribution in [0.3, 0.4) is 0 Å². The van der Waals surface area contributed by atoms with E-state index in [1.54, 1.807) is 18.4 Å². The fourth-order valence-corrected chi connectivity index (χ4v) is 5.55. The number of thiophene rings is 1. The topological polar surface area (TPSA) is 44.8 Å². The molecular formula is C26H38O4S. The van der Waals surface area contributed by atoms with Crippen molar-refractivity contribution < 1.29 is 19.0 Å². The SMILES string of the molecule is CCC(CC)(c1ccc(OCC(OC)C(C)(C)C)c(C)c1)c1cc(C)c(C(=O)OC)s1.